The summed E-state index contributed by atoms with van der Waals surface area (Å²) in [4.78, 5) is 4.00. The molecule has 88 valence electrons. The van der Waals surface area contributed by atoms with Crippen molar-refractivity contribution in [3.05, 3.63) is 63.9 Å². The third-order valence-electron chi connectivity index (χ3n) is 2.47. The topological polar surface area (TPSA) is 33.1 Å². The maximum Gasteiger partial charge on any atom is 0.0845 e. The summed E-state index contributed by atoms with van der Waals surface area (Å²) in [7, 11) is 0. The van der Waals surface area contributed by atoms with Crippen molar-refractivity contribution >= 4 is 23.2 Å². The molecule has 0 saturated carbocycles. The van der Waals surface area contributed by atoms with Crippen LogP contribution in [0.1, 0.15) is 17.2 Å². The van der Waals surface area contributed by atoms with Gasteiger partial charge in [-0.1, -0.05) is 29.3 Å². The smallest absolute Gasteiger partial charge is 0.0845 e. The maximum absolute atomic E-state index is 10.1. The van der Waals surface area contributed by atoms with Crippen molar-refractivity contribution in [2.45, 2.75) is 12.5 Å². The molecule has 2 aromatic rings. The summed E-state index contributed by atoms with van der Waals surface area (Å²) in [6.45, 7) is 0. The first-order valence-corrected chi connectivity index (χ1v) is 5.94. The van der Waals surface area contributed by atoms with Crippen molar-refractivity contribution < 1.29 is 5.11 Å². The van der Waals surface area contributed by atoms with Crippen molar-refractivity contribution in [2.24, 2.45) is 0 Å². The molecular weight excluding hydrogens is 257 g/mol. The van der Waals surface area contributed by atoms with E-state index in [1.807, 2.05) is 12.1 Å². The van der Waals surface area contributed by atoms with E-state index in [-0.39, 0.29) is 0 Å². The first kappa shape index (κ1) is 12.4. The van der Waals surface area contributed by atoms with Crippen molar-refractivity contribution in [1.29, 1.82) is 0 Å². The van der Waals surface area contributed by atoms with Crippen LogP contribution in [0.15, 0.2) is 42.7 Å². The predicted molar refractivity (Wildman–Crippen MR) is 69.4 cm³/mol. The minimum absolute atomic E-state index is 0.466. The van der Waals surface area contributed by atoms with Crippen LogP contribution in [-0.4, -0.2) is 10.1 Å². The molecule has 1 atom stereocenters. The first-order chi connectivity index (χ1) is 8.16. The maximum atomic E-state index is 10.1. The number of aliphatic hydroxyl groups excluding tert-OH is 1. The number of rotatable bonds is 3. The van der Waals surface area contributed by atoms with E-state index in [0.29, 0.717) is 22.0 Å². The largest absolute Gasteiger partial charge is 0.388 e. The van der Waals surface area contributed by atoms with Gasteiger partial charge in [0.05, 0.1) is 6.10 Å². The Balaban J connectivity index is 2.20. The molecule has 1 aromatic carbocycles. The fourth-order valence-electron chi connectivity index (χ4n) is 1.62. The number of nitrogens with zero attached hydrogens (tertiary/aromatic N) is 1. The standard InChI is InChI=1S/C13H11Cl2NO/c14-10-3-4-12(15)11(7-10)13(17)6-9-2-1-5-16-8-9/h1-5,7-8,13,17H,6H2. The quantitative estimate of drug-likeness (QED) is 0.921. The molecule has 1 heterocycles. The first-order valence-electron chi connectivity index (χ1n) is 5.19. The zero-order valence-corrected chi connectivity index (χ0v) is 10.5. The fraction of sp³-hybridized carbons (Fsp3) is 0.154. The van der Waals surface area contributed by atoms with Crippen molar-refractivity contribution in [3.8, 4) is 0 Å². The van der Waals surface area contributed by atoms with E-state index in [0.717, 1.165) is 5.56 Å². The Morgan fingerprint density at radius 3 is 2.76 bits per heavy atom. The van der Waals surface area contributed by atoms with Crippen LogP contribution in [0.5, 0.6) is 0 Å². The molecule has 17 heavy (non-hydrogen) atoms. The van der Waals surface area contributed by atoms with Gasteiger partial charge in [0.2, 0.25) is 0 Å². The van der Waals surface area contributed by atoms with E-state index in [1.54, 1.807) is 30.6 Å². The molecule has 0 spiro atoms. The molecular formula is C13H11Cl2NO. The van der Waals surface area contributed by atoms with Gasteiger partial charge in [0.1, 0.15) is 0 Å². The summed E-state index contributed by atoms with van der Waals surface area (Å²) in [5.41, 5.74) is 1.60. The van der Waals surface area contributed by atoms with Gasteiger partial charge < -0.3 is 5.11 Å². The van der Waals surface area contributed by atoms with E-state index in [4.69, 9.17) is 23.2 Å². The average Bonchev–Trinajstić information content (AvgIpc) is 2.33. The van der Waals surface area contributed by atoms with Gasteiger partial charge in [-0.3, -0.25) is 4.98 Å². The Labute approximate surface area is 110 Å². The Kier molecular flexibility index (Phi) is 4.00. The lowest BCUT2D eigenvalue weighted by Gasteiger charge is -2.12. The summed E-state index contributed by atoms with van der Waals surface area (Å²) >= 11 is 11.9. The second-order valence-corrected chi connectivity index (χ2v) is 4.59. The molecule has 0 aliphatic carbocycles. The SMILES string of the molecule is OC(Cc1cccnc1)c1cc(Cl)ccc1Cl. The number of pyridine rings is 1. The highest BCUT2D eigenvalue weighted by Crippen LogP contribution is 2.28. The lowest BCUT2D eigenvalue weighted by Crippen LogP contribution is -2.02. The molecule has 0 fully saturated rings. The van der Waals surface area contributed by atoms with Crippen LogP contribution in [0, 0.1) is 0 Å². The van der Waals surface area contributed by atoms with E-state index in [2.05, 4.69) is 4.98 Å². The molecule has 2 rings (SSSR count). The third-order valence-corrected chi connectivity index (χ3v) is 3.05. The number of hydrogen-bond acceptors (Lipinski definition) is 2. The van der Waals surface area contributed by atoms with E-state index >= 15 is 0 Å². The minimum Gasteiger partial charge on any atom is -0.388 e. The van der Waals surface area contributed by atoms with Crippen molar-refractivity contribution in [1.82, 2.24) is 4.98 Å². The normalized spacial score (nSPS) is 12.4. The van der Waals surface area contributed by atoms with Crippen LogP contribution in [0.4, 0.5) is 0 Å². The van der Waals surface area contributed by atoms with Gasteiger partial charge in [0.15, 0.2) is 0 Å². The number of hydrogen-bond donors (Lipinski definition) is 1. The Morgan fingerprint density at radius 2 is 2.06 bits per heavy atom. The second kappa shape index (κ2) is 5.50. The Morgan fingerprint density at radius 1 is 1.24 bits per heavy atom. The molecule has 0 aliphatic rings. The highest BCUT2D eigenvalue weighted by atomic mass is 35.5. The van der Waals surface area contributed by atoms with Gasteiger partial charge in [-0.15, -0.1) is 0 Å². The molecule has 1 N–H and O–H groups in total. The Bertz CT molecular complexity index is 502. The summed E-state index contributed by atoms with van der Waals surface area (Å²) in [6.07, 6.45) is 3.21. The van der Waals surface area contributed by atoms with Crippen molar-refractivity contribution in [2.75, 3.05) is 0 Å². The minimum atomic E-state index is -0.676. The van der Waals surface area contributed by atoms with Gasteiger partial charge in [-0.25, -0.2) is 0 Å². The van der Waals surface area contributed by atoms with Gasteiger partial charge >= 0.3 is 0 Å². The lowest BCUT2D eigenvalue weighted by atomic mass is 10.0. The van der Waals surface area contributed by atoms with Crippen molar-refractivity contribution in [3.63, 3.8) is 0 Å². The van der Waals surface area contributed by atoms with Crippen LogP contribution in [0.2, 0.25) is 10.0 Å². The fourth-order valence-corrected chi connectivity index (χ4v) is 2.05. The zero-order chi connectivity index (χ0) is 12.3. The molecule has 0 saturated heterocycles. The molecule has 1 aromatic heterocycles. The zero-order valence-electron chi connectivity index (χ0n) is 8.98. The highest BCUT2D eigenvalue weighted by molar-refractivity contribution is 6.33. The third kappa shape index (κ3) is 3.19. The molecule has 0 amide bonds. The summed E-state index contributed by atoms with van der Waals surface area (Å²) in [6, 6.07) is 8.82. The monoisotopic (exact) mass is 267 g/mol. The second-order valence-electron chi connectivity index (χ2n) is 3.75. The summed E-state index contributed by atoms with van der Waals surface area (Å²) < 4.78 is 0. The number of aliphatic hydroxyl groups is 1. The molecule has 0 radical (unpaired) electrons. The van der Waals surface area contributed by atoms with E-state index in [1.165, 1.54) is 0 Å². The number of benzene rings is 1. The van der Waals surface area contributed by atoms with Gasteiger partial charge in [-0.05, 0) is 29.8 Å². The van der Waals surface area contributed by atoms with Crippen LogP contribution < -0.4 is 0 Å². The molecule has 4 heteroatoms. The molecule has 0 aliphatic heterocycles. The van der Waals surface area contributed by atoms with Gasteiger partial charge in [0.25, 0.3) is 0 Å². The lowest BCUT2D eigenvalue weighted by molar-refractivity contribution is 0.178. The molecule has 2 nitrogen and oxygen atoms in total. The van der Waals surface area contributed by atoms with E-state index in [9.17, 15) is 5.11 Å². The molecule has 0 bridgehead atoms. The number of aromatic nitrogens is 1. The highest BCUT2D eigenvalue weighted by Gasteiger charge is 2.12. The Hall–Kier alpha value is -1.09. The molecule has 1 unspecified atom stereocenters. The van der Waals surface area contributed by atoms with Crippen LogP contribution >= 0.6 is 23.2 Å². The number of halogens is 2. The van der Waals surface area contributed by atoms with Crippen LogP contribution in [0.3, 0.4) is 0 Å². The van der Waals surface area contributed by atoms with Crippen LogP contribution in [0.25, 0.3) is 0 Å². The van der Waals surface area contributed by atoms with Crippen LogP contribution in [-0.2, 0) is 6.42 Å². The van der Waals surface area contributed by atoms with Gasteiger partial charge in [0, 0.05) is 34.4 Å². The summed E-state index contributed by atoms with van der Waals surface area (Å²) in [5.74, 6) is 0. The average molecular weight is 268 g/mol. The van der Waals surface area contributed by atoms with E-state index < -0.39 is 6.10 Å². The summed E-state index contributed by atoms with van der Waals surface area (Å²) in [5, 5.41) is 11.2. The predicted octanol–water partition coefficient (Wildman–Crippen LogP) is 3.66. The van der Waals surface area contributed by atoms with Gasteiger partial charge in [-0.2, -0.15) is 0 Å².